The van der Waals surface area contributed by atoms with Crippen LogP contribution in [0.25, 0.3) is 33.6 Å². The number of aromatic nitrogens is 4. The van der Waals surface area contributed by atoms with Gasteiger partial charge in [0.1, 0.15) is 23.7 Å². The Morgan fingerprint density at radius 2 is 1.02 bits per heavy atom. The van der Waals surface area contributed by atoms with E-state index in [1.165, 1.54) is 12.3 Å². The summed E-state index contributed by atoms with van der Waals surface area (Å²) < 4.78 is 44.1. The third-order valence-corrected chi connectivity index (χ3v) is 10.4. The molecule has 0 fully saturated rings. The summed E-state index contributed by atoms with van der Waals surface area (Å²) in [5, 5.41) is 0. The van der Waals surface area contributed by atoms with Crippen molar-refractivity contribution in [2.75, 3.05) is 41.3 Å². The van der Waals surface area contributed by atoms with E-state index in [1.807, 2.05) is 113 Å². The normalized spacial score (nSPS) is 12.8. The number of halogens is 3. The fourth-order valence-electron chi connectivity index (χ4n) is 7.58. The lowest BCUT2D eigenvalue weighted by Gasteiger charge is -2.30. The first-order chi connectivity index (χ1) is 28.8. The molecule has 0 saturated carbocycles. The number of hydrogen-bond donors (Lipinski definition) is 2. The number of aromatic amines is 2. The molecule has 314 valence electrons. The third-order valence-electron chi connectivity index (χ3n) is 10.4. The summed E-state index contributed by atoms with van der Waals surface area (Å²) in [6.07, 6.45) is 0.0419. The molecule has 2 atom stereocenters. The number of nitrogens with one attached hydrogen (secondary N) is 2. The van der Waals surface area contributed by atoms with Gasteiger partial charge in [-0.3, -0.25) is 19.4 Å². The summed E-state index contributed by atoms with van der Waals surface area (Å²) >= 11 is 0. The Hall–Kier alpha value is -6.05. The molecule has 0 bridgehead atoms. The number of imidazole rings is 2. The van der Waals surface area contributed by atoms with Gasteiger partial charge in [0.15, 0.2) is 0 Å². The summed E-state index contributed by atoms with van der Waals surface area (Å²) in [5.41, 5.74) is 3.62. The zero-order valence-electron chi connectivity index (χ0n) is 35.0. The molecule has 2 aromatic heterocycles. The van der Waals surface area contributed by atoms with E-state index in [0.29, 0.717) is 47.3 Å². The summed E-state index contributed by atoms with van der Waals surface area (Å²) in [7, 11) is 7.49. The minimum absolute atomic E-state index is 0.0299. The lowest BCUT2D eigenvalue weighted by molar-refractivity contribution is -0.138. The quantitative estimate of drug-likeness (QED) is 0.0952. The van der Waals surface area contributed by atoms with Gasteiger partial charge in [-0.1, -0.05) is 111 Å². The van der Waals surface area contributed by atoms with Crippen LogP contribution in [-0.2, 0) is 28.9 Å². The number of amides is 2. The molecule has 6 rings (SSSR count). The Morgan fingerprint density at radius 3 is 1.43 bits per heavy atom. The molecule has 2 heterocycles. The van der Waals surface area contributed by atoms with Crippen LogP contribution in [0.15, 0.2) is 116 Å². The van der Waals surface area contributed by atoms with Gasteiger partial charge in [-0.2, -0.15) is 13.2 Å². The number of hydrogen-bond acceptors (Lipinski definition) is 6. The van der Waals surface area contributed by atoms with E-state index in [1.54, 1.807) is 46.3 Å². The fraction of sp³-hybridized carbons (Fsp3) is 0.319. The molecular formula is C47H53F3N8O2. The maximum Gasteiger partial charge on any atom is 0.417 e. The minimum Gasteiger partial charge on any atom is -0.341 e. The number of likely N-dealkylation sites (N-methyl/N-ethyl adjacent to an activating group) is 2. The predicted molar refractivity (Wildman–Crippen MR) is 229 cm³/mol. The average molecular weight is 819 g/mol. The summed E-state index contributed by atoms with van der Waals surface area (Å²) in [6, 6.07) is 29.4. The Kier molecular flexibility index (Phi) is 14.0. The molecular weight excluding hydrogens is 766 g/mol. The Morgan fingerprint density at radius 1 is 0.600 bits per heavy atom. The lowest BCUT2D eigenvalue weighted by Crippen LogP contribution is -2.40. The van der Waals surface area contributed by atoms with Crippen molar-refractivity contribution in [3.05, 3.63) is 144 Å². The summed E-state index contributed by atoms with van der Waals surface area (Å²) in [4.78, 5) is 50.5. The average Bonchev–Trinajstić information content (AvgIpc) is 3.91. The van der Waals surface area contributed by atoms with Crippen LogP contribution in [0.5, 0.6) is 0 Å². The van der Waals surface area contributed by atoms with E-state index in [2.05, 4.69) is 19.9 Å². The van der Waals surface area contributed by atoms with Crippen molar-refractivity contribution < 1.29 is 22.8 Å². The Balaban J connectivity index is 1.19. The number of alkyl halides is 3. The maximum atomic E-state index is 14.7. The van der Waals surface area contributed by atoms with Crippen molar-refractivity contribution in [3.8, 4) is 33.6 Å². The predicted octanol–water partition coefficient (Wildman–Crippen LogP) is 9.24. The van der Waals surface area contributed by atoms with Crippen LogP contribution in [0.3, 0.4) is 0 Å². The SMILES string of the molecule is CCCN(Cc1ncc(-c2ccc(-c3ccc(-c4cnc(CN(CCC)C(=O)C(c5ccccc5)N(C)C)[nH]4)cc3C(F)(F)F)cc2)[nH]1)C(=O)C(c1ccccc1)N(C)C. The standard InChI is InChI=1S/C47H53F3N8O2/c1-7-25-57(45(59)43(55(3)4)34-15-11-9-12-16-34)30-41-51-28-39(53-41)33-21-19-32(20-22-33)37-24-23-36(27-38(37)47(48,49)50)40-29-52-42(54-40)31-58(26-8-2)46(60)44(56(5)6)35-17-13-10-14-18-35/h9-24,27-29,43-44H,7-8,25-26,30-31H2,1-6H3,(H,51,53)(H,52,54). The molecule has 0 spiro atoms. The number of carbonyl (C=O) groups excluding carboxylic acids is 2. The van der Waals surface area contributed by atoms with Gasteiger partial charge in [0, 0.05) is 18.7 Å². The summed E-state index contributed by atoms with van der Waals surface area (Å²) in [5.74, 6) is 0.963. The van der Waals surface area contributed by atoms with Crippen LogP contribution in [0.1, 0.15) is 67.1 Å². The lowest BCUT2D eigenvalue weighted by atomic mass is 9.95. The van der Waals surface area contributed by atoms with Crippen molar-refractivity contribution in [2.45, 2.75) is 58.0 Å². The highest BCUT2D eigenvalue weighted by molar-refractivity contribution is 5.84. The molecule has 2 N–H and O–H groups in total. The summed E-state index contributed by atoms with van der Waals surface area (Å²) in [6.45, 7) is 5.51. The monoisotopic (exact) mass is 818 g/mol. The van der Waals surface area contributed by atoms with Crippen LogP contribution in [-0.4, -0.2) is 92.6 Å². The molecule has 6 aromatic rings. The van der Waals surface area contributed by atoms with Crippen LogP contribution < -0.4 is 0 Å². The van der Waals surface area contributed by atoms with Gasteiger partial charge in [0.2, 0.25) is 11.8 Å². The molecule has 10 nitrogen and oxygen atoms in total. The van der Waals surface area contributed by atoms with Gasteiger partial charge in [0.05, 0.1) is 42.4 Å². The van der Waals surface area contributed by atoms with Crippen molar-refractivity contribution in [1.29, 1.82) is 0 Å². The highest BCUT2D eigenvalue weighted by Gasteiger charge is 2.35. The number of nitrogens with zero attached hydrogens (tertiary/aromatic N) is 6. The van der Waals surface area contributed by atoms with E-state index >= 15 is 0 Å². The molecule has 0 radical (unpaired) electrons. The number of carbonyl (C=O) groups is 2. The Bertz CT molecular complexity index is 2320. The number of H-pyrrole nitrogens is 2. The van der Waals surface area contributed by atoms with E-state index < -0.39 is 23.8 Å². The second kappa shape index (κ2) is 19.3. The van der Waals surface area contributed by atoms with Gasteiger partial charge >= 0.3 is 6.18 Å². The second-order valence-electron chi connectivity index (χ2n) is 15.4. The molecule has 13 heteroatoms. The first-order valence-electron chi connectivity index (χ1n) is 20.2. The fourth-order valence-corrected chi connectivity index (χ4v) is 7.58. The molecule has 0 aliphatic carbocycles. The van der Waals surface area contributed by atoms with Crippen LogP contribution in [0.4, 0.5) is 13.2 Å². The Labute approximate surface area is 350 Å². The third kappa shape index (κ3) is 10.2. The zero-order chi connectivity index (χ0) is 43.0. The topological polar surface area (TPSA) is 104 Å². The van der Waals surface area contributed by atoms with Crippen molar-refractivity contribution in [3.63, 3.8) is 0 Å². The molecule has 4 aromatic carbocycles. The van der Waals surface area contributed by atoms with E-state index in [-0.39, 0.29) is 30.5 Å². The second-order valence-corrected chi connectivity index (χ2v) is 15.4. The van der Waals surface area contributed by atoms with Crippen molar-refractivity contribution in [1.82, 2.24) is 39.5 Å². The molecule has 0 saturated heterocycles. The molecule has 60 heavy (non-hydrogen) atoms. The van der Waals surface area contributed by atoms with E-state index in [4.69, 9.17) is 0 Å². The van der Waals surface area contributed by atoms with E-state index in [9.17, 15) is 22.8 Å². The van der Waals surface area contributed by atoms with Crippen molar-refractivity contribution >= 4 is 11.8 Å². The van der Waals surface area contributed by atoms with Crippen LogP contribution in [0, 0.1) is 0 Å². The first kappa shape index (κ1) is 43.5. The highest BCUT2D eigenvalue weighted by Crippen LogP contribution is 2.40. The largest absolute Gasteiger partial charge is 0.417 e. The van der Waals surface area contributed by atoms with Gasteiger partial charge in [0.25, 0.3) is 0 Å². The zero-order valence-corrected chi connectivity index (χ0v) is 35.0. The van der Waals surface area contributed by atoms with Gasteiger partial charge in [-0.05, 0) is 74.9 Å². The highest BCUT2D eigenvalue weighted by atomic mass is 19.4. The molecule has 2 unspecified atom stereocenters. The smallest absolute Gasteiger partial charge is 0.341 e. The van der Waals surface area contributed by atoms with Gasteiger partial charge < -0.3 is 19.8 Å². The minimum atomic E-state index is -4.64. The van der Waals surface area contributed by atoms with Gasteiger partial charge in [-0.25, -0.2) is 9.97 Å². The number of rotatable bonds is 17. The van der Waals surface area contributed by atoms with E-state index in [0.717, 1.165) is 35.6 Å². The van der Waals surface area contributed by atoms with Crippen LogP contribution in [0.2, 0.25) is 0 Å². The molecule has 0 aliphatic heterocycles. The van der Waals surface area contributed by atoms with Crippen molar-refractivity contribution in [2.24, 2.45) is 0 Å². The van der Waals surface area contributed by atoms with Gasteiger partial charge in [-0.15, -0.1) is 0 Å². The maximum absolute atomic E-state index is 14.7. The number of benzene rings is 4. The first-order valence-corrected chi connectivity index (χ1v) is 20.2. The van der Waals surface area contributed by atoms with Crippen LogP contribution >= 0.6 is 0 Å². The molecule has 2 amide bonds. The molecule has 0 aliphatic rings.